The van der Waals surface area contributed by atoms with Gasteiger partial charge in [-0.3, -0.25) is 9.59 Å². The number of hydrogen-bond donors (Lipinski definition) is 1. The minimum absolute atomic E-state index is 0.267. The maximum absolute atomic E-state index is 12.3. The molecule has 0 atom stereocenters. The van der Waals surface area contributed by atoms with E-state index in [0.717, 1.165) is 5.56 Å². The van der Waals surface area contributed by atoms with Crippen molar-refractivity contribution < 1.29 is 38.1 Å². The summed E-state index contributed by atoms with van der Waals surface area (Å²) in [6.07, 6.45) is 5.09. The van der Waals surface area contributed by atoms with E-state index < -0.39 is 6.09 Å². The number of morpholine rings is 1. The molecule has 38 heavy (non-hydrogen) atoms. The molecule has 0 unspecified atom stereocenters. The number of ether oxygens (including phenoxy) is 5. The topological polar surface area (TPSA) is 127 Å². The molecule has 202 valence electrons. The van der Waals surface area contributed by atoms with Crippen LogP contribution in [0.2, 0.25) is 0 Å². The third kappa shape index (κ3) is 8.46. The monoisotopic (exact) mass is 524 g/mol. The summed E-state index contributed by atoms with van der Waals surface area (Å²) in [6, 6.07) is 10.2. The first kappa shape index (κ1) is 28.4. The van der Waals surface area contributed by atoms with Crippen molar-refractivity contribution in [3.05, 3.63) is 59.7 Å². The molecule has 2 aromatic carbocycles. The number of rotatable bonds is 12. The lowest BCUT2D eigenvalue weighted by atomic mass is 10.1. The molecule has 0 bridgehead atoms. The van der Waals surface area contributed by atoms with Gasteiger partial charge in [-0.1, -0.05) is 24.3 Å². The van der Waals surface area contributed by atoms with Gasteiger partial charge < -0.3 is 34.3 Å². The Hall–Kier alpha value is -4.15. The van der Waals surface area contributed by atoms with Crippen LogP contribution in [0.25, 0.3) is 12.2 Å². The van der Waals surface area contributed by atoms with Gasteiger partial charge in [0, 0.05) is 19.6 Å². The fourth-order valence-electron chi connectivity index (χ4n) is 3.52. The number of carbonyl (C=O) groups excluding carboxylic acids is 3. The Morgan fingerprint density at radius 3 is 1.97 bits per heavy atom. The first-order valence-electron chi connectivity index (χ1n) is 12.1. The summed E-state index contributed by atoms with van der Waals surface area (Å²) in [5, 5.41) is 0. The number of allylic oxidation sites excluding steroid dienone is 2. The van der Waals surface area contributed by atoms with Crippen molar-refractivity contribution in [1.29, 1.82) is 0 Å². The van der Waals surface area contributed by atoms with E-state index in [1.54, 1.807) is 53.5 Å². The van der Waals surface area contributed by atoms with Crippen molar-refractivity contribution in [3.8, 4) is 23.0 Å². The van der Waals surface area contributed by atoms with E-state index >= 15 is 0 Å². The average Bonchev–Trinajstić information content (AvgIpc) is 2.94. The van der Waals surface area contributed by atoms with Crippen molar-refractivity contribution in [2.45, 2.75) is 6.42 Å². The van der Waals surface area contributed by atoms with Crippen molar-refractivity contribution >= 4 is 29.8 Å². The molecule has 1 saturated heterocycles. The van der Waals surface area contributed by atoms with Gasteiger partial charge in [-0.25, -0.2) is 4.79 Å². The maximum Gasteiger partial charge on any atom is 0.415 e. The van der Waals surface area contributed by atoms with Crippen LogP contribution >= 0.6 is 0 Å². The molecule has 1 fully saturated rings. The zero-order valence-corrected chi connectivity index (χ0v) is 21.5. The van der Waals surface area contributed by atoms with Crippen LogP contribution in [0.3, 0.4) is 0 Å². The van der Waals surface area contributed by atoms with Gasteiger partial charge in [0.1, 0.15) is 6.61 Å². The van der Waals surface area contributed by atoms with Gasteiger partial charge in [0.15, 0.2) is 34.6 Å². The highest BCUT2D eigenvalue weighted by Gasteiger charge is 2.20. The Bertz CT molecular complexity index is 1190. The summed E-state index contributed by atoms with van der Waals surface area (Å²) in [6.45, 7) is 2.60. The number of benzene rings is 2. The zero-order valence-electron chi connectivity index (χ0n) is 21.5. The molecule has 1 aliphatic rings. The number of nitrogens with zero attached hydrogens (tertiary/aromatic N) is 1. The molecule has 2 N–H and O–H groups in total. The molecule has 0 aromatic heterocycles. The van der Waals surface area contributed by atoms with E-state index in [1.807, 2.05) is 0 Å². The SMILES string of the molecule is COc1cc(/C=C/C(=O)CC(=O)/C=C/c2ccc(OC(=O)N3CCOCC3)c(OC)c2)ccc1OCCN. The lowest BCUT2D eigenvalue weighted by Crippen LogP contribution is -2.42. The standard InChI is InChI=1S/C28H32N2O8/c1-34-26-17-20(5-9-24(26)37-14-11-29)3-7-22(31)19-23(32)8-4-21-6-10-25(27(18-21)35-2)38-28(33)30-12-15-36-16-13-30/h3-10,17-18H,11-16,19,29H2,1-2H3/b7-3+,8-4+. The van der Waals surface area contributed by atoms with E-state index in [4.69, 9.17) is 29.4 Å². The van der Waals surface area contributed by atoms with Gasteiger partial charge in [0.25, 0.3) is 0 Å². The van der Waals surface area contributed by atoms with Gasteiger partial charge in [-0.2, -0.15) is 0 Å². The number of nitrogens with two attached hydrogens (primary N) is 1. The van der Waals surface area contributed by atoms with Gasteiger partial charge in [-0.05, 0) is 47.5 Å². The van der Waals surface area contributed by atoms with E-state index in [0.29, 0.717) is 62.3 Å². The molecular formula is C28H32N2O8. The first-order chi connectivity index (χ1) is 18.4. The van der Waals surface area contributed by atoms with Crippen LogP contribution in [0.1, 0.15) is 17.5 Å². The highest BCUT2D eigenvalue weighted by Crippen LogP contribution is 2.30. The van der Waals surface area contributed by atoms with Gasteiger partial charge in [0.05, 0.1) is 33.9 Å². The Labute approximate surface area is 221 Å². The lowest BCUT2D eigenvalue weighted by Gasteiger charge is -2.26. The molecule has 0 spiro atoms. The number of carbonyl (C=O) groups is 3. The van der Waals surface area contributed by atoms with Crippen LogP contribution in [0.15, 0.2) is 48.6 Å². The molecule has 0 aliphatic carbocycles. The fourth-order valence-corrected chi connectivity index (χ4v) is 3.52. The number of ketones is 2. The molecule has 3 rings (SSSR count). The van der Waals surface area contributed by atoms with E-state index in [1.165, 1.54) is 26.4 Å². The molecule has 1 amide bonds. The Morgan fingerprint density at radius 2 is 1.42 bits per heavy atom. The van der Waals surface area contributed by atoms with Gasteiger partial charge >= 0.3 is 6.09 Å². The molecule has 1 heterocycles. The quantitative estimate of drug-likeness (QED) is 0.329. The third-order valence-corrected chi connectivity index (χ3v) is 5.49. The molecule has 1 aliphatic heterocycles. The third-order valence-electron chi connectivity index (χ3n) is 5.49. The summed E-state index contributed by atoms with van der Waals surface area (Å²) in [5.41, 5.74) is 6.83. The second-order valence-electron chi connectivity index (χ2n) is 8.20. The molecule has 2 aromatic rings. The molecule has 10 nitrogen and oxygen atoms in total. The van der Waals surface area contributed by atoms with E-state index in [2.05, 4.69) is 0 Å². The van der Waals surface area contributed by atoms with Crippen molar-refractivity contribution in [2.24, 2.45) is 5.73 Å². The van der Waals surface area contributed by atoms with Crippen molar-refractivity contribution in [1.82, 2.24) is 4.90 Å². The van der Waals surface area contributed by atoms with Crippen molar-refractivity contribution in [3.63, 3.8) is 0 Å². The predicted octanol–water partition coefficient (Wildman–Crippen LogP) is 3.13. The van der Waals surface area contributed by atoms with Gasteiger partial charge in [0.2, 0.25) is 0 Å². The predicted molar refractivity (Wildman–Crippen MR) is 142 cm³/mol. The molecule has 0 radical (unpaired) electrons. The molecule has 10 heteroatoms. The minimum Gasteiger partial charge on any atom is -0.493 e. The van der Waals surface area contributed by atoms with E-state index in [-0.39, 0.29) is 23.7 Å². The number of methoxy groups -OCH3 is 2. The zero-order chi connectivity index (χ0) is 27.3. The summed E-state index contributed by atoms with van der Waals surface area (Å²) in [7, 11) is 2.98. The fraction of sp³-hybridized carbons (Fsp3) is 0.321. The lowest BCUT2D eigenvalue weighted by molar-refractivity contribution is -0.121. The second-order valence-corrected chi connectivity index (χ2v) is 8.20. The van der Waals surface area contributed by atoms with E-state index in [9.17, 15) is 14.4 Å². The van der Waals surface area contributed by atoms with Crippen LogP contribution in [-0.2, 0) is 14.3 Å². The van der Waals surface area contributed by atoms with Crippen LogP contribution in [-0.4, -0.2) is 76.2 Å². The Kier molecular flexibility index (Phi) is 10.9. The average molecular weight is 525 g/mol. The summed E-state index contributed by atoms with van der Waals surface area (Å²) in [5.74, 6) is 0.985. The van der Waals surface area contributed by atoms with Crippen LogP contribution in [0.4, 0.5) is 4.79 Å². The van der Waals surface area contributed by atoms with Crippen LogP contribution in [0.5, 0.6) is 23.0 Å². The highest BCUT2D eigenvalue weighted by molar-refractivity contribution is 6.10. The first-order valence-corrected chi connectivity index (χ1v) is 12.1. The van der Waals surface area contributed by atoms with Crippen molar-refractivity contribution in [2.75, 3.05) is 53.7 Å². The highest BCUT2D eigenvalue weighted by atomic mass is 16.6. The number of amides is 1. The molecule has 0 saturated carbocycles. The Morgan fingerprint density at radius 1 is 0.868 bits per heavy atom. The summed E-state index contributed by atoms with van der Waals surface area (Å²) >= 11 is 0. The maximum atomic E-state index is 12.3. The number of hydrogen-bond acceptors (Lipinski definition) is 9. The van der Waals surface area contributed by atoms with Crippen LogP contribution in [0, 0.1) is 0 Å². The summed E-state index contributed by atoms with van der Waals surface area (Å²) in [4.78, 5) is 38.5. The largest absolute Gasteiger partial charge is 0.493 e. The second kappa shape index (κ2) is 14.6. The summed E-state index contributed by atoms with van der Waals surface area (Å²) < 4.78 is 26.9. The smallest absolute Gasteiger partial charge is 0.415 e. The Balaban J connectivity index is 1.55. The van der Waals surface area contributed by atoms with Crippen LogP contribution < -0.4 is 24.7 Å². The normalized spacial score (nSPS) is 13.5. The minimum atomic E-state index is -0.481. The van der Waals surface area contributed by atoms with Gasteiger partial charge in [-0.15, -0.1) is 0 Å². The molecular weight excluding hydrogens is 492 g/mol.